The molecule has 0 amide bonds. The fourth-order valence-electron chi connectivity index (χ4n) is 2.91. The summed E-state index contributed by atoms with van der Waals surface area (Å²) in [6.45, 7) is 5.43. The molecule has 2 nitrogen and oxygen atoms in total. The molecule has 0 radical (unpaired) electrons. The number of aliphatic hydroxyl groups is 1. The van der Waals surface area contributed by atoms with Gasteiger partial charge in [0.25, 0.3) is 0 Å². The average Bonchev–Trinajstić information content (AvgIpc) is 2.73. The van der Waals surface area contributed by atoms with E-state index in [-0.39, 0.29) is 6.23 Å². The van der Waals surface area contributed by atoms with Crippen LogP contribution in [0.3, 0.4) is 0 Å². The van der Waals surface area contributed by atoms with Gasteiger partial charge in [-0.3, -0.25) is 4.90 Å². The Morgan fingerprint density at radius 2 is 2.06 bits per heavy atom. The summed E-state index contributed by atoms with van der Waals surface area (Å²) < 4.78 is 0. The summed E-state index contributed by atoms with van der Waals surface area (Å²) in [5.74, 6) is 0.629. The Morgan fingerprint density at radius 3 is 2.71 bits per heavy atom. The first kappa shape index (κ1) is 12.6. The van der Waals surface area contributed by atoms with Gasteiger partial charge >= 0.3 is 0 Å². The van der Waals surface area contributed by atoms with E-state index >= 15 is 0 Å². The van der Waals surface area contributed by atoms with Gasteiger partial charge in [0.05, 0.1) is 0 Å². The predicted molar refractivity (Wildman–Crippen MR) is 70.6 cm³/mol. The number of rotatable bonds is 4. The predicted octanol–water partition coefficient (Wildman–Crippen LogP) is 3.19. The molecule has 2 rings (SSSR count). The van der Waals surface area contributed by atoms with Crippen molar-refractivity contribution in [3.8, 4) is 0 Å². The summed E-state index contributed by atoms with van der Waals surface area (Å²) in [7, 11) is 0. The number of benzene rings is 1. The highest BCUT2D eigenvalue weighted by Gasteiger charge is 2.35. The first-order chi connectivity index (χ1) is 8.24. The molecule has 0 aromatic heterocycles. The zero-order valence-electron chi connectivity index (χ0n) is 10.8. The van der Waals surface area contributed by atoms with E-state index in [9.17, 15) is 5.11 Å². The number of aliphatic hydroxyl groups excluding tert-OH is 1. The van der Waals surface area contributed by atoms with Crippen LogP contribution in [-0.2, 0) is 0 Å². The van der Waals surface area contributed by atoms with Gasteiger partial charge in [-0.05, 0) is 24.3 Å². The second kappa shape index (κ2) is 5.65. The second-order valence-electron chi connectivity index (χ2n) is 5.13. The lowest BCUT2D eigenvalue weighted by Crippen LogP contribution is -2.35. The highest BCUT2D eigenvalue weighted by molar-refractivity contribution is 5.21. The van der Waals surface area contributed by atoms with E-state index in [1.165, 1.54) is 12.0 Å². The second-order valence-corrected chi connectivity index (χ2v) is 5.13. The Morgan fingerprint density at radius 1 is 1.35 bits per heavy atom. The maximum absolute atomic E-state index is 10.2. The summed E-state index contributed by atoms with van der Waals surface area (Å²) in [6.07, 6.45) is 2.80. The molecule has 1 saturated heterocycles. The molecular weight excluding hydrogens is 210 g/mol. The smallest absolute Gasteiger partial charge is 0.107 e. The van der Waals surface area contributed by atoms with Crippen molar-refractivity contribution in [1.29, 1.82) is 0 Å². The summed E-state index contributed by atoms with van der Waals surface area (Å²) in [6, 6.07) is 11.0. The molecule has 17 heavy (non-hydrogen) atoms. The van der Waals surface area contributed by atoms with Gasteiger partial charge in [0, 0.05) is 12.6 Å². The molecule has 1 N–H and O–H groups in total. The van der Waals surface area contributed by atoms with Crippen molar-refractivity contribution in [3.05, 3.63) is 35.9 Å². The van der Waals surface area contributed by atoms with Gasteiger partial charge in [0.1, 0.15) is 6.23 Å². The van der Waals surface area contributed by atoms with Crippen molar-refractivity contribution in [2.75, 3.05) is 6.54 Å². The molecule has 1 aromatic carbocycles. The van der Waals surface area contributed by atoms with Crippen molar-refractivity contribution in [2.24, 2.45) is 5.92 Å². The Balaban J connectivity index is 2.17. The topological polar surface area (TPSA) is 23.5 Å². The molecule has 1 heterocycles. The zero-order valence-corrected chi connectivity index (χ0v) is 10.8. The molecule has 1 aliphatic heterocycles. The molecule has 0 saturated carbocycles. The average molecular weight is 233 g/mol. The van der Waals surface area contributed by atoms with Crippen LogP contribution in [-0.4, -0.2) is 22.8 Å². The Bertz CT molecular complexity index is 338. The molecular formula is C15H23NO. The third-order valence-electron chi connectivity index (χ3n) is 3.81. The minimum absolute atomic E-state index is 0.282. The highest BCUT2D eigenvalue weighted by atomic mass is 16.3. The van der Waals surface area contributed by atoms with Gasteiger partial charge in [-0.25, -0.2) is 0 Å². The van der Waals surface area contributed by atoms with Crippen molar-refractivity contribution < 1.29 is 5.11 Å². The summed E-state index contributed by atoms with van der Waals surface area (Å²) in [4.78, 5) is 2.27. The lowest BCUT2D eigenvalue weighted by Gasteiger charge is -2.31. The van der Waals surface area contributed by atoms with Crippen LogP contribution in [0.15, 0.2) is 30.3 Å². The van der Waals surface area contributed by atoms with Gasteiger partial charge in [-0.2, -0.15) is 0 Å². The lowest BCUT2D eigenvalue weighted by molar-refractivity contribution is -0.0167. The van der Waals surface area contributed by atoms with Crippen molar-refractivity contribution in [2.45, 2.75) is 45.4 Å². The Labute approximate surface area is 104 Å². The van der Waals surface area contributed by atoms with Crippen molar-refractivity contribution >= 4 is 0 Å². The minimum atomic E-state index is -0.282. The third-order valence-corrected chi connectivity index (χ3v) is 3.81. The van der Waals surface area contributed by atoms with Gasteiger partial charge in [-0.1, -0.05) is 50.6 Å². The third kappa shape index (κ3) is 2.70. The monoisotopic (exact) mass is 233 g/mol. The van der Waals surface area contributed by atoms with Crippen molar-refractivity contribution in [1.82, 2.24) is 4.90 Å². The fourth-order valence-corrected chi connectivity index (χ4v) is 2.91. The van der Waals surface area contributed by atoms with Gasteiger partial charge in [0.15, 0.2) is 0 Å². The van der Waals surface area contributed by atoms with Crippen LogP contribution in [0.25, 0.3) is 0 Å². The highest BCUT2D eigenvalue weighted by Crippen LogP contribution is 2.38. The minimum Gasteiger partial charge on any atom is -0.378 e. The van der Waals surface area contributed by atoms with Crippen LogP contribution in [0, 0.1) is 5.92 Å². The summed E-state index contributed by atoms with van der Waals surface area (Å²) >= 11 is 0. The van der Waals surface area contributed by atoms with Crippen LogP contribution < -0.4 is 0 Å². The quantitative estimate of drug-likeness (QED) is 0.863. The van der Waals surface area contributed by atoms with E-state index in [4.69, 9.17) is 0 Å². The number of hydrogen-bond acceptors (Lipinski definition) is 2. The van der Waals surface area contributed by atoms with Crippen LogP contribution in [0.5, 0.6) is 0 Å². The van der Waals surface area contributed by atoms with Crippen LogP contribution in [0.2, 0.25) is 0 Å². The molecule has 3 atom stereocenters. The van der Waals surface area contributed by atoms with E-state index in [1.54, 1.807) is 0 Å². The summed E-state index contributed by atoms with van der Waals surface area (Å²) in [5, 5.41) is 10.2. The van der Waals surface area contributed by atoms with Crippen LogP contribution >= 0.6 is 0 Å². The van der Waals surface area contributed by atoms with Crippen LogP contribution in [0.4, 0.5) is 0 Å². The molecule has 1 fully saturated rings. The molecule has 0 spiro atoms. The van der Waals surface area contributed by atoms with E-state index in [0.717, 1.165) is 19.4 Å². The molecule has 0 bridgehead atoms. The molecule has 0 aliphatic carbocycles. The molecule has 1 aliphatic rings. The molecule has 2 heteroatoms. The van der Waals surface area contributed by atoms with E-state index in [1.807, 2.05) is 0 Å². The van der Waals surface area contributed by atoms with E-state index in [2.05, 4.69) is 49.1 Å². The number of hydrogen-bond donors (Lipinski definition) is 1. The lowest BCUT2D eigenvalue weighted by atomic mass is 9.95. The van der Waals surface area contributed by atoms with Gasteiger partial charge in [0.2, 0.25) is 0 Å². The van der Waals surface area contributed by atoms with E-state index in [0.29, 0.717) is 12.0 Å². The standard InChI is InChI=1S/C15H23NO/c1-3-7-14(17)16-11-10-12(2)15(16)13-8-5-4-6-9-13/h4-6,8-9,12,14-15,17H,3,7,10-11H2,1-2H3. The molecule has 3 unspecified atom stereocenters. The zero-order chi connectivity index (χ0) is 12.3. The Kier molecular flexibility index (Phi) is 4.19. The first-order valence-electron chi connectivity index (χ1n) is 6.72. The normalized spacial score (nSPS) is 27.2. The Hall–Kier alpha value is -0.860. The van der Waals surface area contributed by atoms with Gasteiger partial charge < -0.3 is 5.11 Å². The SMILES string of the molecule is CCCC(O)N1CCC(C)C1c1ccccc1. The molecule has 94 valence electrons. The number of nitrogens with zero attached hydrogens (tertiary/aromatic N) is 1. The van der Waals surface area contributed by atoms with Crippen molar-refractivity contribution in [3.63, 3.8) is 0 Å². The maximum atomic E-state index is 10.2. The van der Waals surface area contributed by atoms with Gasteiger partial charge in [-0.15, -0.1) is 0 Å². The van der Waals surface area contributed by atoms with Crippen LogP contribution in [0.1, 0.15) is 44.7 Å². The molecule has 1 aromatic rings. The largest absolute Gasteiger partial charge is 0.378 e. The summed E-state index contributed by atoms with van der Waals surface area (Å²) in [5.41, 5.74) is 1.34. The van der Waals surface area contributed by atoms with E-state index < -0.39 is 0 Å². The number of likely N-dealkylation sites (tertiary alicyclic amines) is 1. The first-order valence-corrected chi connectivity index (χ1v) is 6.72. The maximum Gasteiger partial charge on any atom is 0.107 e. The fraction of sp³-hybridized carbons (Fsp3) is 0.600.